The Labute approximate surface area is 131 Å². The molecule has 3 rings (SSSR count). The summed E-state index contributed by atoms with van der Waals surface area (Å²) in [6, 6.07) is 5.27. The van der Waals surface area contributed by atoms with Crippen molar-refractivity contribution in [1.82, 2.24) is 15.1 Å². The van der Waals surface area contributed by atoms with Gasteiger partial charge in [-0.1, -0.05) is 0 Å². The van der Waals surface area contributed by atoms with Crippen LogP contribution in [-0.2, 0) is 13.5 Å². The minimum atomic E-state index is -0.101. The second-order valence-corrected chi connectivity index (χ2v) is 6.18. The molecule has 0 saturated heterocycles. The van der Waals surface area contributed by atoms with Crippen molar-refractivity contribution in [3.05, 3.63) is 45.7 Å². The number of hydrogen-bond donors (Lipinski definition) is 2. The lowest BCUT2D eigenvalue weighted by Crippen LogP contribution is -2.31. The molecule has 3 N–H and O–H groups in total. The fourth-order valence-corrected chi connectivity index (χ4v) is 3.03. The number of carbonyl (C=O) groups is 1. The number of nitrogens with zero attached hydrogens (tertiary/aromatic N) is 2. The zero-order valence-corrected chi connectivity index (χ0v) is 13.4. The molecule has 0 spiro atoms. The van der Waals surface area contributed by atoms with Crippen molar-refractivity contribution >= 4 is 27.5 Å². The minimum absolute atomic E-state index is 0.0276. The Bertz CT molecular complexity index is 695. The van der Waals surface area contributed by atoms with Crippen LogP contribution in [0.25, 0.3) is 0 Å². The van der Waals surface area contributed by atoms with Gasteiger partial charge in [-0.05, 0) is 53.4 Å². The van der Waals surface area contributed by atoms with Crippen LogP contribution in [0.2, 0.25) is 0 Å². The van der Waals surface area contributed by atoms with Gasteiger partial charge in [-0.3, -0.25) is 9.48 Å². The number of halogens is 1. The summed E-state index contributed by atoms with van der Waals surface area (Å²) in [5.74, 6) is -0.101. The third-order valence-corrected chi connectivity index (χ3v) is 4.66. The maximum absolute atomic E-state index is 12.4. The van der Waals surface area contributed by atoms with Gasteiger partial charge in [0.15, 0.2) is 0 Å². The molecule has 0 aliphatic heterocycles. The SMILES string of the molecule is Cn1ncc2c1CCCC2NC(=O)c1ccc(Br)c(N)c1. The zero-order valence-electron chi connectivity index (χ0n) is 11.8. The smallest absolute Gasteiger partial charge is 0.251 e. The summed E-state index contributed by atoms with van der Waals surface area (Å²) in [4.78, 5) is 12.4. The molecule has 1 aromatic heterocycles. The van der Waals surface area contributed by atoms with Gasteiger partial charge in [-0.15, -0.1) is 0 Å². The summed E-state index contributed by atoms with van der Waals surface area (Å²) in [6.45, 7) is 0. The molecule has 1 aliphatic rings. The summed E-state index contributed by atoms with van der Waals surface area (Å²) in [5.41, 5.74) is 9.31. The molecule has 110 valence electrons. The molecule has 1 aliphatic carbocycles. The maximum Gasteiger partial charge on any atom is 0.251 e. The summed E-state index contributed by atoms with van der Waals surface area (Å²) in [5, 5.41) is 7.38. The van der Waals surface area contributed by atoms with E-state index in [1.54, 1.807) is 18.2 Å². The molecule has 0 fully saturated rings. The highest BCUT2D eigenvalue weighted by atomic mass is 79.9. The van der Waals surface area contributed by atoms with E-state index in [4.69, 9.17) is 5.73 Å². The number of amides is 1. The third-order valence-electron chi connectivity index (χ3n) is 3.94. The van der Waals surface area contributed by atoms with Crippen LogP contribution in [-0.4, -0.2) is 15.7 Å². The predicted molar refractivity (Wildman–Crippen MR) is 84.9 cm³/mol. The van der Waals surface area contributed by atoms with Gasteiger partial charge in [0.2, 0.25) is 0 Å². The molecular weight excluding hydrogens is 332 g/mol. The Hall–Kier alpha value is -1.82. The first-order chi connectivity index (χ1) is 10.1. The molecule has 1 amide bonds. The van der Waals surface area contributed by atoms with E-state index in [0.717, 1.165) is 29.3 Å². The van der Waals surface area contributed by atoms with Crippen molar-refractivity contribution in [2.45, 2.75) is 25.3 Å². The van der Waals surface area contributed by atoms with Crippen molar-refractivity contribution < 1.29 is 4.79 Å². The van der Waals surface area contributed by atoms with Crippen LogP contribution in [0.4, 0.5) is 5.69 Å². The van der Waals surface area contributed by atoms with Crippen molar-refractivity contribution in [3.8, 4) is 0 Å². The van der Waals surface area contributed by atoms with Crippen LogP contribution in [0.5, 0.6) is 0 Å². The first kappa shape index (κ1) is 14.1. The monoisotopic (exact) mass is 348 g/mol. The second kappa shape index (κ2) is 5.52. The van der Waals surface area contributed by atoms with Gasteiger partial charge in [0.25, 0.3) is 5.91 Å². The number of rotatable bonds is 2. The minimum Gasteiger partial charge on any atom is -0.398 e. The van der Waals surface area contributed by atoms with Crippen molar-refractivity contribution in [2.24, 2.45) is 7.05 Å². The number of benzene rings is 1. The molecule has 1 heterocycles. The number of nitrogen functional groups attached to an aromatic ring is 1. The third kappa shape index (κ3) is 2.68. The first-order valence-electron chi connectivity index (χ1n) is 6.93. The molecule has 1 aromatic carbocycles. The van der Waals surface area contributed by atoms with Gasteiger partial charge in [0, 0.05) is 34.0 Å². The van der Waals surface area contributed by atoms with Crippen LogP contribution in [0.1, 0.15) is 40.5 Å². The molecule has 0 radical (unpaired) electrons. The molecule has 1 unspecified atom stereocenters. The number of hydrogen-bond acceptors (Lipinski definition) is 3. The quantitative estimate of drug-likeness (QED) is 0.819. The van der Waals surface area contributed by atoms with E-state index in [1.807, 2.05) is 17.9 Å². The highest BCUT2D eigenvalue weighted by Gasteiger charge is 2.25. The summed E-state index contributed by atoms with van der Waals surface area (Å²) in [6.07, 6.45) is 4.87. The number of fused-ring (bicyclic) bond motifs is 1. The molecule has 1 atom stereocenters. The Balaban J connectivity index is 1.81. The zero-order chi connectivity index (χ0) is 15.0. The molecule has 2 aromatic rings. The molecule has 0 saturated carbocycles. The van der Waals surface area contributed by atoms with Crippen LogP contribution >= 0.6 is 15.9 Å². The van der Waals surface area contributed by atoms with Gasteiger partial charge < -0.3 is 11.1 Å². The average molecular weight is 349 g/mol. The van der Waals surface area contributed by atoms with Gasteiger partial charge >= 0.3 is 0 Å². The van der Waals surface area contributed by atoms with E-state index in [0.29, 0.717) is 11.3 Å². The lowest BCUT2D eigenvalue weighted by Gasteiger charge is -2.24. The van der Waals surface area contributed by atoms with E-state index in [1.165, 1.54) is 5.69 Å². The van der Waals surface area contributed by atoms with Gasteiger partial charge in [-0.25, -0.2) is 0 Å². The van der Waals surface area contributed by atoms with Crippen molar-refractivity contribution in [1.29, 1.82) is 0 Å². The van der Waals surface area contributed by atoms with Crippen LogP contribution in [0.15, 0.2) is 28.9 Å². The molecule has 6 heteroatoms. The van der Waals surface area contributed by atoms with E-state index in [9.17, 15) is 4.79 Å². The predicted octanol–water partition coefficient (Wildman–Crippen LogP) is 2.57. The second-order valence-electron chi connectivity index (χ2n) is 5.32. The Kier molecular flexibility index (Phi) is 3.71. The van der Waals surface area contributed by atoms with Gasteiger partial charge in [0.05, 0.1) is 12.2 Å². The number of aryl methyl sites for hydroxylation is 1. The van der Waals surface area contributed by atoms with Crippen LogP contribution < -0.4 is 11.1 Å². The largest absolute Gasteiger partial charge is 0.398 e. The Morgan fingerprint density at radius 1 is 1.52 bits per heavy atom. The fraction of sp³-hybridized carbons (Fsp3) is 0.333. The highest BCUT2D eigenvalue weighted by molar-refractivity contribution is 9.10. The van der Waals surface area contributed by atoms with Crippen LogP contribution in [0.3, 0.4) is 0 Å². The lowest BCUT2D eigenvalue weighted by atomic mass is 9.93. The number of aromatic nitrogens is 2. The summed E-state index contributed by atoms with van der Waals surface area (Å²) < 4.78 is 2.69. The van der Waals surface area contributed by atoms with Crippen LogP contribution in [0, 0.1) is 0 Å². The van der Waals surface area contributed by atoms with E-state index < -0.39 is 0 Å². The summed E-state index contributed by atoms with van der Waals surface area (Å²) in [7, 11) is 1.94. The lowest BCUT2D eigenvalue weighted by molar-refractivity contribution is 0.0932. The molecule has 21 heavy (non-hydrogen) atoms. The van der Waals surface area contributed by atoms with Crippen molar-refractivity contribution in [2.75, 3.05) is 5.73 Å². The Morgan fingerprint density at radius 3 is 3.10 bits per heavy atom. The summed E-state index contributed by atoms with van der Waals surface area (Å²) >= 11 is 3.33. The molecule has 0 bridgehead atoms. The Morgan fingerprint density at radius 2 is 2.33 bits per heavy atom. The van der Waals surface area contributed by atoms with E-state index in [2.05, 4.69) is 26.3 Å². The molecular formula is C15H17BrN4O. The van der Waals surface area contributed by atoms with Gasteiger partial charge in [0.1, 0.15) is 0 Å². The average Bonchev–Trinajstić information content (AvgIpc) is 2.85. The number of nitrogens with two attached hydrogens (primary N) is 1. The number of nitrogens with one attached hydrogen (secondary N) is 1. The van der Waals surface area contributed by atoms with Crippen molar-refractivity contribution in [3.63, 3.8) is 0 Å². The highest BCUT2D eigenvalue weighted by Crippen LogP contribution is 2.29. The molecule has 5 nitrogen and oxygen atoms in total. The van der Waals surface area contributed by atoms with E-state index in [-0.39, 0.29) is 11.9 Å². The first-order valence-corrected chi connectivity index (χ1v) is 7.72. The van der Waals surface area contributed by atoms with Gasteiger partial charge in [-0.2, -0.15) is 5.10 Å². The number of carbonyl (C=O) groups excluding carboxylic acids is 1. The normalized spacial score (nSPS) is 17.3. The topological polar surface area (TPSA) is 72.9 Å². The van der Waals surface area contributed by atoms with E-state index >= 15 is 0 Å². The number of anilines is 1. The fourth-order valence-electron chi connectivity index (χ4n) is 2.78. The standard InChI is InChI=1S/C15H17BrN4O/c1-20-14-4-2-3-13(10(14)8-18-20)19-15(21)9-5-6-11(16)12(17)7-9/h5-8,13H,2-4,17H2,1H3,(H,19,21). The maximum atomic E-state index is 12.4.